The molecule has 0 fully saturated rings. The number of hydrogen-bond acceptors (Lipinski definition) is 7. The number of amides is 1. The molecule has 0 atom stereocenters. The third-order valence-electron chi connectivity index (χ3n) is 4.22. The molecule has 0 radical (unpaired) electrons. The van der Waals surface area contributed by atoms with Crippen molar-refractivity contribution in [3.05, 3.63) is 52.8 Å². The number of anilines is 2. The first kappa shape index (κ1) is 17.7. The van der Waals surface area contributed by atoms with Crippen LogP contribution < -0.4 is 15.8 Å². The first-order valence-corrected chi connectivity index (χ1v) is 8.71. The number of nitrogens with one attached hydrogen (secondary N) is 1. The van der Waals surface area contributed by atoms with E-state index in [2.05, 4.69) is 20.6 Å². The molecule has 0 saturated carbocycles. The van der Waals surface area contributed by atoms with Crippen LogP contribution in [0.5, 0.6) is 0 Å². The molecule has 2 heterocycles. The van der Waals surface area contributed by atoms with Crippen molar-refractivity contribution in [3.63, 3.8) is 0 Å². The summed E-state index contributed by atoms with van der Waals surface area (Å²) in [4.78, 5) is 30.8. The summed E-state index contributed by atoms with van der Waals surface area (Å²) in [5.74, 6) is -0.242. The van der Waals surface area contributed by atoms with Crippen molar-refractivity contribution in [2.75, 3.05) is 24.3 Å². The molecule has 4 rings (SSSR count). The first-order valence-electron chi connectivity index (χ1n) is 8.71. The van der Waals surface area contributed by atoms with Gasteiger partial charge in [0.05, 0.1) is 11.9 Å². The molecule has 0 bridgehead atoms. The van der Waals surface area contributed by atoms with Crippen LogP contribution in [0.3, 0.4) is 0 Å². The smallest absolute Gasteiger partial charge is 0.297 e. The summed E-state index contributed by atoms with van der Waals surface area (Å²) in [5.41, 5.74) is 2.15. The monoisotopic (exact) mass is 378 g/mol. The van der Waals surface area contributed by atoms with Crippen LogP contribution in [0, 0.1) is 0 Å². The minimum absolute atomic E-state index is 0.0876. The lowest BCUT2D eigenvalue weighted by atomic mass is 10.2. The van der Waals surface area contributed by atoms with E-state index in [4.69, 9.17) is 4.42 Å². The third-order valence-corrected chi connectivity index (χ3v) is 4.22. The quantitative estimate of drug-likeness (QED) is 0.566. The summed E-state index contributed by atoms with van der Waals surface area (Å²) in [5, 5.41) is 11.2. The summed E-state index contributed by atoms with van der Waals surface area (Å²) in [6.07, 6.45) is 0.0876. The second kappa shape index (κ2) is 7.10. The molecule has 0 unspecified atom stereocenters. The molecule has 2 aromatic heterocycles. The molecular formula is C19H18N6O3. The number of fused-ring (bicyclic) bond motifs is 2. The Hall–Kier alpha value is -3.75. The lowest BCUT2D eigenvalue weighted by Crippen LogP contribution is -2.26. The number of carbonyl (C=O) groups is 1. The van der Waals surface area contributed by atoms with E-state index < -0.39 is 0 Å². The molecule has 9 heteroatoms. The molecule has 28 heavy (non-hydrogen) atoms. The van der Waals surface area contributed by atoms with E-state index in [-0.39, 0.29) is 24.4 Å². The van der Waals surface area contributed by atoms with Gasteiger partial charge in [-0.2, -0.15) is 4.98 Å². The Morgan fingerprint density at radius 3 is 2.82 bits per heavy atom. The van der Waals surface area contributed by atoms with E-state index in [0.717, 1.165) is 0 Å². The number of hydrogen-bond donors (Lipinski definition) is 1. The fraction of sp³-hybridized carbons (Fsp3) is 0.211. The van der Waals surface area contributed by atoms with Gasteiger partial charge < -0.3 is 14.6 Å². The van der Waals surface area contributed by atoms with E-state index in [1.54, 1.807) is 47.4 Å². The van der Waals surface area contributed by atoms with Gasteiger partial charge in [0.1, 0.15) is 11.0 Å². The van der Waals surface area contributed by atoms with Gasteiger partial charge in [-0.05, 0) is 24.3 Å². The molecule has 1 amide bonds. The number of rotatable bonds is 5. The molecule has 0 aliphatic carbocycles. The maximum Gasteiger partial charge on any atom is 0.297 e. The summed E-state index contributed by atoms with van der Waals surface area (Å²) in [6, 6.07) is 12.7. The lowest BCUT2D eigenvalue weighted by Gasteiger charge is -2.06. The highest BCUT2D eigenvalue weighted by Crippen LogP contribution is 2.23. The highest BCUT2D eigenvalue weighted by molar-refractivity contribution is 5.92. The molecular weight excluding hydrogens is 360 g/mol. The average molecular weight is 378 g/mol. The van der Waals surface area contributed by atoms with Gasteiger partial charge in [-0.3, -0.25) is 9.59 Å². The SMILES string of the molecule is CN(C)c1nc2ccc(NC(=O)CCn3nnc4ccccc4c3=O)cc2o1. The second-order valence-electron chi connectivity index (χ2n) is 6.51. The Morgan fingerprint density at radius 2 is 2.00 bits per heavy atom. The summed E-state index contributed by atoms with van der Waals surface area (Å²) in [6.45, 7) is 0.137. The predicted octanol–water partition coefficient (Wildman–Crippen LogP) is 2.03. The van der Waals surface area contributed by atoms with E-state index in [1.165, 1.54) is 4.68 Å². The minimum atomic E-state index is -0.266. The van der Waals surface area contributed by atoms with Gasteiger partial charge in [0.25, 0.3) is 11.6 Å². The summed E-state index contributed by atoms with van der Waals surface area (Å²) in [7, 11) is 3.68. The molecule has 4 aromatic rings. The highest BCUT2D eigenvalue weighted by Gasteiger charge is 2.11. The van der Waals surface area contributed by atoms with Gasteiger partial charge in [-0.25, -0.2) is 4.68 Å². The van der Waals surface area contributed by atoms with Gasteiger partial charge >= 0.3 is 0 Å². The predicted molar refractivity (Wildman–Crippen MR) is 105 cm³/mol. The van der Waals surface area contributed by atoms with Crippen LogP contribution in [-0.2, 0) is 11.3 Å². The maximum absolute atomic E-state index is 12.4. The molecule has 0 aliphatic rings. The number of carbonyl (C=O) groups excluding carboxylic acids is 1. The molecule has 0 spiro atoms. The number of aryl methyl sites for hydroxylation is 1. The van der Waals surface area contributed by atoms with Crippen molar-refractivity contribution in [1.29, 1.82) is 0 Å². The Balaban J connectivity index is 1.45. The van der Waals surface area contributed by atoms with Crippen LogP contribution in [0.15, 0.2) is 51.7 Å². The van der Waals surface area contributed by atoms with Crippen LogP contribution in [-0.4, -0.2) is 40.0 Å². The molecule has 142 valence electrons. The van der Waals surface area contributed by atoms with Crippen molar-refractivity contribution < 1.29 is 9.21 Å². The standard InChI is InChI=1S/C19H18N6O3/c1-24(2)19-21-15-8-7-12(11-16(15)28-19)20-17(26)9-10-25-18(27)13-5-3-4-6-14(13)22-23-25/h3-8,11H,9-10H2,1-2H3,(H,20,26). The van der Waals surface area contributed by atoms with Crippen LogP contribution in [0.25, 0.3) is 22.0 Å². The zero-order valence-electron chi connectivity index (χ0n) is 15.4. The number of oxazole rings is 1. The Labute approximate surface area is 159 Å². The van der Waals surface area contributed by atoms with Crippen LogP contribution in [0.2, 0.25) is 0 Å². The van der Waals surface area contributed by atoms with Crippen molar-refractivity contribution in [2.24, 2.45) is 0 Å². The van der Waals surface area contributed by atoms with E-state index in [9.17, 15) is 9.59 Å². The van der Waals surface area contributed by atoms with Crippen molar-refractivity contribution in [1.82, 2.24) is 20.0 Å². The van der Waals surface area contributed by atoms with Gasteiger partial charge in [-0.1, -0.05) is 17.3 Å². The summed E-state index contributed by atoms with van der Waals surface area (Å²) >= 11 is 0. The highest BCUT2D eigenvalue weighted by atomic mass is 16.4. The molecule has 1 N–H and O–H groups in total. The number of benzene rings is 2. The average Bonchev–Trinajstić information content (AvgIpc) is 3.11. The van der Waals surface area contributed by atoms with Crippen molar-refractivity contribution in [3.8, 4) is 0 Å². The van der Waals surface area contributed by atoms with Crippen LogP contribution >= 0.6 is 0 Å². The Bertz CT molecular complexity index is 1230. The van der Waals surface area contributed by atoms with E-state index in [0.29, 0.717) is 33.7 Å². The molecule has 0 saturated heterocycles. The Morgan fingerprint density at radius 1 is 1.18 bits per heavy atom. The maximum atomic E-state index is 12.4. The normalized spacial score (nSPS) is 11.1. The van der Waals surface area contributed by atoms with E-state index >= 15 is 0 Å². The zero-order valence-corrected chi connectivity index (χ0v) is 15.4. The molecule has 0 aliphatic heterocycles. The fourth-order valence-electron chi connectivity index (χ4n) is 2.78. The van der Waals surface area contributed by atoms with Crippen LogP contribution in [0.4, 0.5) is 11.7 Å². The fourth-order valence-corrected chi connectivity index (χ4v) is 2.78. The topological polar surface area (TPSA) is 106 Å². The van der Waals surface area contributed by atoms with Crippen molar-refractivity contribution in [2.45, 2.75) is 13.0 Å². The molecule has 9 nitrogen and oxygen atoms in total. The zero-order chi connectivity index (χ0) is 19.7. The summed E-state index contributed by atoms with van der Waals surface area (Å²) < 4.78 is 6.84. The van der Waals surface area contributed by atoms with E-state index in [1.807, 2.05) is 14.1 Å². The Kier molecular flexibility index (Phi) is 4.48. The second-order valence-corrected chi connectivity index (χ2v) is 6.51. The molecule has 2 aromatic carbocycles. The first-order chi connectivity index (χ1) is 13.5. The van der Waals surface area contributed by atoms with Gasteiger partial charge in [0.2, 0.25) is 5.91 Å². The van der Waals surface area contributed by atoms with Crippen molar-refractivity contribution >= 4 is 39.6 Å². The minimum Gasteiger partial charge on any atom is -0.423 e. The number of aromatic nitrogens is 4. The van der Waals surface area contributed by atoms with Crippen LogP contribution in [0.1, 0.15) is 6.42 Å². The largest absolute Gasteiger partial charge is 0.423 e. The third kappa shape index (κ3) is 3.41. The lowest BCUT2D eigenvalue weighted by molar-refractivity contribution is -0.116. The number of nitrogens with zero attached hydrogens (tertiary/aromatic N) is 5. The van der Waals surface area contributed by atoms with Gasteiger partial charge in [0, 0.05) is 32.3 Å². The van der Waals surface area contributed by atoms with Gasteiger partial charge in [-0.15, -0.1) is 5.10 Å². The van der Waals surface area contributed by atoms with Gasteiger partial charge in [0.15, 0.2) is 5.58 Å².